The van der Waals surface area contributed by atoms with Gasteiger partial charge in [0.05, 0.1) is 0 Å². The molecule has 0 spiro atoms. The quantitative estimate of drug-likeness (QED) is 0.524. The fourth-order valence-corrected chi connectivity index (χ4v) is 1.55. The number of pyridine rings is 1. The number of hydrogen-bond acceptors (Lipinski definition) is 7. The number of anilines is 2. The molecule has 0 radical (unpaired) electrons. The van der Waals surface area contributed by atoms with Crippen LogP contribution in [0.1, 0.15) is 11.4 Å². The maximum Gasteiger partial charge on any atom is 0.158 e. The molecule has 2 rings (SSSR count). The second-order valence-electron chi connectivity index (χ2n) is 3.84. The highest BCUT2D eigenvalue weighted by atomic mass is 16.5. The predicted molar refractivity (Wildman–Crippen MR) is 72.1 cm³/mol. The summed E-state index contributed by atoms with van der Waals surface area (Å²) in [6.07, 6.45) is 3.50. The third-order valence-electron chi connectivity index (χ3n) is 2.42. The van der Waals surface area contributed by atoms with Crippen molar-refractivity contribution in [3.05, 3.63) is 42.0 Å². The van der Waals surface area contributed by atoms with Gasteiger partial charge in [-0.3, -0.25) is 4.98 Å². The smallest absolute Gasteiger partial charge is 0.158 e. The Bertz CT molecular complexity index is 519. The van der Waals surface area contributed by atoms with Crippen LogP contribution in [-0.2, 0) is 17.9 Å². The van der Waals surface area contributed by atoms with E-state index < -0.39 is 0 Å². The summed E-state index contributed by atoms with van der Waals surface area (Å²) in [5.74, 6) is 7.17. The van der Waals surface area contributed by atoms with Crippen molar-refractivity contribution in [2.24, 2.45) is 5.84 Å². The Balaban J connectivity index is 2.08. The van der Waals surface area contributed by atoms with Crippen LogP contribution in [-0.4, -0.2) is 22.1 Å². The van der Waals surface area contributed by atoms with Crippen LogP contribution in [0.2, 0.25) is 0 Å². The number of rotatable bonds is 6. The van der Waals surface area contributed by atoms with E-state index in [1.54, 1.807) is 25.6 Å². The van der Waals surface area contributed by atoms with E-state index in [1.165, 1.54) is 0 Å². The molecule has 7 nitrogen and oxygen atoms in total. The molecule has 0 fully saturated rings. The monoisotopic (exact) mass is 260 g/mol. The number of hydrogen-bond donors (Lipinski definition) is 3. The van der Waals surface area contributed by atoms with E-state index in [1.807, 2.05) is 12.1 Å². The lowest BCUT2D eigenvalue weighted by Crippen LogP contribution is -2.12. The Kier molecular flexibility index (Phi) is 4.60. The van der Waals surface area contributed by atoms with Crippen molar-refractivity contribution in [1.29, 1.82) is 0 Å². The van der Waals surface area contributed by atoms with Gasteiger partial charge in [-0.15, -0.1) is 0 Å². The van der Waals surface area contributed by atoms with E-state index >= 15 is 0 Å². The predicted octanol–water partition coefficient (Wildman–Crippen LogP) is 0.916. The number of methoxy groups -OCH3 is 1. The molecular weight excluding hydrogens is 244 g/mol. The summed E-state index contributed by atoms with van der Waals surface area (Å²) in [6.45, 7) is 0.982. The first-order valence-electron chi connectivity index (χ1n) is 5.78. The van der Waals surface area contributed by atoms with Crippen LogP contribution < -0.4 is 16.6 Å². The van der Waals surface area contributed by atoms with Crippen molar-refractivity contribution in [2.45, 2.75) is 13.2 Å². The molecule has 0 aliphatic rings. The first-order chi connectivity index (χ1) is 9.31. The third-order valence-corrected chi connectivity index (χ3v) is 2.42. The molecule has 0 bridgehead atoms. The topological polar surface area (TPSA) is 98.0 Å². The number of hydrazine groups is 1. The third kappa shape index (κ3) is 3.87. The standard InChI is InChI=1S/C12H16N6O/c1-19-8-12-16-10(6-11(17-12)18-13)15-7-9-2-4-14-5-3-9/h2-6H,7-8,13H2,1H3,(H2,15,16,17,18). The fourth-order valence-electron chi connectivity index (χ4n) is 1.55. The Hall–Kier alpha value is -2.25. The Morgan fingerprint density at radius 2 is 1.95 bits per heavy atom. The van der Waals surface area contributed by atoms with Gasteiger partial charge >= 0.3 is 0 Å². The zero-order chi connectivity index (χ0) is 13.5. The van der Waals surface area contributed by atoms with E-state index in [4.69, 9.17) is 10.6 Å². The molecule has 7 heteroatoms. The second-order valence-corrected chi connectivity index (χ2v) is 3.84. The Labute approximate surface area is 111 Å². The number of nitrogens with two attached hydrogens (primary N) is 1. The average Bonchev–Trinajstić information content (AvgIpc) is 2.46. The fraction of sp³-hybridized carbons (Fsp3) is 0.250. The second kappa shape index (κ2) is 6.62. The van der Waals surface area contributed by atoms with Crippen LogP contribution in [0.25, 0.3) is 0 Å². The van der Waals surface area contributed by atoms with E-state index in [9.17, 15) is 0 Å². The molecule has 100 valence electrons. The maximum atomic E-state index is 5.37. The summed E-state index contributed by atoms with van der Waals surface area (Å²) in [7, 11) is 1.59. The number of aromatic nitrogens is 3. The van der Waals surface area contributed by atoms with Crippen molar-refractivity contribution in [3.8, 4) is 0 Å². The molecule has 0 saturated carbocycles. The number of ether oxygens (including phenoxy) is 1. The number of nitrogen functional groups attached to an aromatic ring is 1. The molecule has 2 heterocycles. The molecule has 0 aliphatic carbocycles. The van der Waals surface area contributed by atoms with Crippen LogP contribution >= 0.6 is 0 Å². The molecule has 0 aromatic carbocycles. The normalized spacial score (nSPS) is 10.2. The molecule has 2 aromatic heterocycles. The lowest BCUT2D eigenvalue weighted by atomic mass is 10.3. The van der Waals surface area contributed by atoms with Gasteiger partial charge in [-0.25, -0.2) is 15.8 Å². The average molecular weight is 260 g/mol. The SMILES string of the molecule is COCc1nc(NN)cc(NCc2ccncc2)n1. The summed E-state index contributed by atoms with van der Waals surface area (Å²) >= 11 is 0. The lowest BCUT2D eigenvalue weighted by molar-refractivity contribution is 0.178. The number of nitrogens with zero attached hydrogens (tertiary/aromatic N) is 3. The highest BCUT2D eigenvalue weighted by molar-refractivity contribution is 5.47. The van der Waals surface area contributed by atoms with Crippen LogP contribution in [0.5, 0.6) is 0 Å². The summed E-state index contributed by atoms with van der Waals surface area (Å²) in [5.41, 5.74) is 3.62. The minimum atomic E-state index is 0.333. The zero-order valence-corrected chi connectivity index (χ0v) is 10.6. The number of nitrogens with one attached hydrogen (secondary N) is 2. The summed E-state index contributed by atoms with van der Waals surface area (Å²) in [4.78, 5) is 12.5. The van der Waals surface area contributed by atoms with Crippen molar-refractivity contribution in [2.75, 3.05) is 17.9 Å². The minimum absolute atomic E-state index is 0.333. The molecule has 2 aromatic rings. The van der Waals surface area contributed by atoms with Gasteiger partial charge in [0, 0.05) is 32.1 Å². The molecule has 0 aliphatic heterocycles. The molecule has 0 unspecified atom stereocenters. The zero-order valence-electron chi connectivity index (χ0n) is 10.6. The highest BCUT2D eigenvalue weighted by Gasteiger charge is 2.03. The largest absolute Gasteiger partial charge is 0.377 e. The van der Waals surface area contributed by atoms with Crippen molar-refractivity contribution < 1.29 is 4.74 Å². The van der Waals surface area contributed by atoms with Gasteiger partial charge in [0.15, 0.2) is 5.82 Å². The summed E-state index contributed by atoms with van der Waals surface area (Å²) < 4.78 is 5.02. The van der Waals surface area contributed by atoms with Crippen LogP contribution in [0.4, 0.5) is 11.6 Å². The molecule has 4 N–H and O–H groups in total. The van der Waals surface area contributed by atoms with Gasteiger partial charge in [-0.05, 0) is 17.7 Å². The lowest BCUT2D eigenvalue weighted by Gasteiger charge is -2.09. The first-order valence-corrected chi connectivity index (χ1v) is 5.78. The van der Waals surface area contributed by atoms with Crippen LogP contribution in [0, 0.1) is 0 Å². The molecule has 0 saturated heterocycles. The van der Waals surface area contributed by atoms with E-state index in [0.29, 0.717) is 30.6 Å². The van der Waals surface area contributed by atoms with Gasteiger partial charge in [-0.2, -0.15) is 0 Å². The maximum absolute atomic E-state index is 5.37. The van der Waals surface area contributed by atoms with Gasteiger partial charge in [0.1, 0.15) is 18.2 Å². The van der Waals surface area contributed by atoms with E-state index in [-0.39, 0.29) is 0 Å². The minimum Gasteiger partial charge on any atom is -0.377 e. The molecule has 0 amide bonds. The highest BCUT2D eigenvalue weighted by Crippen LogP contribution is 2.12. The molecule has 19 heavy (non-hydrogen) atoms. The summed E-state index contributed by atoms with van der Waals surface area (Å²) in [6, 6.07) is 5.61. The van der Waals surface area contributed by atoms with E-state index in [0.717, 1.165) is 5.56 Å². The van der Waals surface area contributed by atoms with Crippen molar-refractivity contribution in [1.82, 2.24) is 15.0 Å². The van der Waals surface area contributed by atoms with E-state index in [2.05, 4.69) is 25.7 Å². The Morgan fingerprint density at radius 1 is 1.21 bits per heavy atom. The van der Waals surface area contributed by atoms with Gasteiger partial charge < -0.3 is 15.5 Å². The van der Waals surface area contributed by atoms with Crippen LogP contribution in [0.3, 0.4) is 0 Å². The molecular formula is C12H16N6O. The van der Waals surface area contributed by atoms with Crippen molar-refractivity contribution >= 4 is 11.6 Å². The first kappa shape index (κ1) is 13.2. The summed E-state index contributed by atoms with van der Waals surface area (Å²) in [5, 5.41) is 3.20. The van der Waals surface area contributed by atoms with Gasteiger partial charge in [0.2, 0.25) is 0 Å². The van der Waals surface area contributed by atoms with Crippen molar-refractivity contribution in [3.63, 3.8) is 0 Å². The molecule has 0 atom stereocenters. The van der Waals surface area contributed by atoms with Gasteiger partial charge in [0.25, 0.3) is 0 Å². The van der Waals surface area contributed by atoms with Gasteiger partial charge in [-0.1, -0.05) is 0 Å². The van der Waals surface area contributed by atoms with Crippen LogP contribution in [0.15, 0.2) is 30.6 Å². The Morgan fingerprint density at radius 3 is 2.63 bits per heavy atom.